The predicted octanol–water partition coefficient (Wildman–Crippen LogP) is 2.62. The number of benzene rings is 1. The van der Waals surface area contributed by atoms with E-state index < -0.39 is 0 Å². The molecule has 0 bridgehead atoms. The van der Waals surface area contributed by atoms with Crippen molar-refractivity contribution in [2.45, 2.75) is 18.9 Å². The molecule has 27 heavy (non-hydrogen) atoms. The second-order valence-electron chi connectivity index (χ2n) is 7.31. The molecule has 0 aliphatic carbocycles. The Morgan fingerprint density at radius 3 is 3.11 bits per heavy atom. The maximum atomic E-state index is 9.16. The fraction of sp³-hybridized carbons (Fsp3) is 0.474. The van der Waals surface area contributed by atoms with Gasteiger partial charge in [0.05, 0.1) is 6.61 Å². The summed E-state index contributed by atoms with van der Waals surface area (Å²) in [5.74, 6) is 1.94. The summed E-state index contributed by atoms with van der Waals surface area (Å²) in [7, 11) is 0. The number of aromatic nitrogens is 2. The molecule has 0 spiro atoms. The van der Waals surface area contributed by atoms with E-state index >= 15 is 0 Å². The second kappa shape index (κ2) is 6.82. The fourth-order valence-electron chi connectivity index (χ4n) is 4.28. The minimum Gasteiger partial charge on any atom is -0.450 e. The maximum absolute atomic E-state index is 9.16. The van der Waals surface area contributed by atoms with Crippen LogP contribution in [0, 0.1) is 5.92 Å². The molecule has 2 fully saturated rings. The Morgan fingerprint density at radius 1 is 1.33 bits per heavy atom. The van der Waals surface area contributed by atoms with Crippen molar-refractivity contribution in [1.82, 2.24) is 15.3 Å². The molecular formula is C19H22ClN5O2. The Morgan fingerprint density at radius 2 is 2.26 bits per heavy atom. The minimum atomic E-state index is 0.0203. The third kappa shape index (κ3) is 2.99. The monoisotopic (exact) mass is 387 g/mol. The van der Waals surface area contributed by atoms with Crippen LogP contribution in [0.3, 0.4) is 0 Å². The number of fused-ring (bicyclic) bond motifs is 4. The smallest absolute Gasteiger partial charge is 0.225 e. The molecule has 4 heterocycles. The van der Waals surface area contributed by atoms with E-state index in [-0.39, 0.29) is 6.61 Å². The number of furan rings is 1. The van der Waals surface area contributed by atoms with Crippen molar-refractivity contribution in [3.63, 3.8) is 0 Å². The van der Waals surface area contributed by atoms with Crippen LogP contribution in [0.5, 0.6) is 0 Å². The third-order valence-electron chi connectivity index (χ3n) is 5.55. The highest BCUT2D eigenvalue weighted by molar-refractivity contribution is 6.31. The molecule has 1 aromatic carbocycles. The van der Waals surface area contributed by atoms with Gasteiger partial charge in [-0.1, -0.05) is 11.6 Å². The molecule has 2 saturated heterocycles. The van der Waals surface area contributed by atoms with Gasteiger partial charge in [0.15, 0.2) is 11.4 Å². The molecular weight excluding hydrogens is 366 g/mol. The van der Waals surface area contributed by atoms with Crippen LogP contribution < -0.4 is 15.5 Å². The van der Waals surface area contributed by atoms with Gasteiger partial charge in [-0.15, -0.1) is 0 Å². The number of anilines is 2. The van der Waals surface area contributed by atoms with Crippen molar-refractivity contribution in [2.24, 2.45) is 5.92 Å². The molecule has 3 aromatic rings. The predicted molar refractivity (Wildman–Crippen MR) is 107 cm³/mol. The summed E-state index contributed by atoms with van der Waals surface area (Å²) in [6.07, 6.45) is 2.47. The minimum absolute atomic E-state index is 0.0203. The number of hydrogen-bond donors (Lipinski definition) is 3. The van der Waals surface area contributed by atoms with E-state index in [9.17, 15) is 0 Å². The molecule has 2 aliphatic rings. The average Bonchev–Trinajstić information content (AvgIpc) is 3.27. The van der Waals surface area contributed by atoms with Crippen LogP contribution in [0.1, 0.15) is 12.8 Å². The van der Waals surface area contributed by atoms with Gasteiger partial charge in [-0.05, 0) is 43.5 Å². The number of halogens is 1. The van der Waals surface area contributed by atoms with E-state index in [1.165, 1.54) is 12.8 Å². The highest BCUT2D eigenvalue weighted by atomic mass is 35.5. The van der Waals surface area contributed by atoms with Gasteiger partial charge in [-0.25, -0.2) is 4.98 Å². The summed E-state index contributed by atoms with van der Waals surface area (Å²) in [4.78, 5) is 11.7. The summed E-state index contributed by atoms with van der Waals surface area (Å²) in [6.45, 7) is 3.37. The molecule has 8 heteroatoms. The topological polar surface area (TPSA) is 86.5 Å². The molecule has 2 atom stereocenters. The quantitative estimate of drug-likeness (QED) is 0.634. The SMILES string of the molecule is OCCNc1nc(N2CC3CCCNC3C2)c2oc3ccc(Cl)cc3c2n1. The van der Waals surface area contributed by atoms with Gasteiger partial charge < -0.3 is 25.1 Å². The molecule has 0 saturated carbocycles. The molecule has 2 aromatic heterocycles. The van der Waals surface area contributed by atoms with Gasteiger partial charge in [-0.3, -0.25) is 0 Å². The first-order chi connectivity index (χ1) is 13.2. The summed E-state index contributed by atoms with van der Waals surface area (Å²) >= 11 is 6.20. The zero-order valence-electron chi connectivity index (χ0n) is 14.9. The molecule has 5 rings (SSSR count). The first-order valence-corrected chi connectivity index (χ1v) is 9.83. The van der Waals surface area contributed by atoms with Crippen LogP contribution >= 0.6 is 11.6 Å². The molecule has 7 nitrogen and oxygen atoms in total. The van der Waals surface area contributed by atoms with E-state index in [0.29, 0.717) is 35.1 Å². The van der Waals surface area contributed by atoms with Crippen LogP contribution in [-0.4, -0.2) is 53.9 Å². The van der Waals surface area contributed by atoms with Crippen molar-refractivity contribution >= 4 is 45.4 Å². The van der Waals surface area contributed by atoms with E-state index in [1.54, 1.807) is 0 Å². The lowest BCUT2D eigenvalue weighted by Gasteiger charge is -2.24. The number of aliphatic hydroxyl groups is 1. The lowest BCUT2D eigenvalue weighted by molar-refractivity contribution is 0.311. The Balaban J connectivity index is 1.64. The Labute approximate surface area is 161 Å². The average molecular weight is 388 g/mol. The highest BCUT2D eigenvalue weighted by Crippen LogP contribution is 2.37. The zero-order chi connectivity index (χ0) is 18.4. The maximum Gasteiger partial charge on any atom is 0.225 e. The van der Waals surface area contributed by atoms with Crippen molar-refractivity contribution in [2.75, 3.05) is 43.0 Å². The zero-order valence-corrected chi connectivity index (χ0v) is 15.7. The summed E-state index contributed by atoms with van der Waals surface area (Å²) in [5, 5.41) is 17.4. The Hall–Kier alpha value is -2.09. The highest BCUT2D eigenvalue weighted by Gasteiger charge is 2.36. The van der Waals surface area contributed by atoms with Crippen LogP contribution in [0.15, 0.2) is 22.6 Å². The molecule has 3 N–H and O–H groups in total. The summed E-state index contributed by atoms with van der Waals surface area (Å²) in [5.41, 5.74) is 2.19. The summed E-state index contributed by atoms with van der Waals surface area (Å²) < 4.78 is 6.14. The van der Waals surface area contributed by atoms with Crippen LogP contribution in [-0.2, 0) is 0 Å². The number of piperidine rings is 1. The van der Waals surface area contributed by atoms with Crippen LogP contribution in [0.25, 0.3) is 22.1 Å². The first-order valence-electron chi connectivity index (χ1n) is 9.46. The molecule has 0 radical (unpaired) electrons. The van der Waals surface area contributed by atoms with E-state index in [4.69, 9.17) is 26.1 Å². The number of hydrogen-bond acceptors (Lipinski definition) is 7. The van der Waals surface area contributed by atoms with Crippen LogP contribution in [0.4, 0.5) is 11.8 Å². The van der Waals surface area contributed by atoms with E-state index in [1.807, 2.05) is 18.2 Å². The van der Waals surface area contributed by atoms with Gasteiger partial charge in [-0.2, -0.15) is 4.98 Å². The van der Waals surface area contributed by atoms with Crippen molar-refractivity contribution in [3.8, 4) is 0 Å². The summed E-state index contributed by atoms with van der Waals surface area (Å²) in [6, 6.07) is 6.06. The molecule has 2 unspecified atom stereocenters. The lowest BCUT2D eigenvalue weighted by atomic mass is 9.94. The van der Waals surface area contributed by atoms with Gasteiger partial charge in [0, 0.05) is 36.1 Å². The van der Waals surface area contributed by atoms with Crippen molar-refractivity contribution in [3.05, 3.63) is 23.2 Å². The molecule has 142 valence electrons. The first kappa shape index (κ1) is 17.0. The Kier molecular flexibility index (Phi) is 4.30. The fourth-order valence-corrected chi connectivity index (χ4v) is 4.45. The number of rotatable bonds is 4. The van der Waals surface area contributed by atoms with E-state index in [0.717, 1.165) is 41.9 Å². The normalized spacial score (nSPS) is 22.5. The molecule has 0 amide bonds. The van der Waals surface area contributed by atoms with Crippen LogP contribution in [0.2, 0.25) is 5.02 Å². The lowest BCUT2D eigenvalue weighted by Crippen LogP contribution is -2.40. The van der Waals surface area contributed by atoms with Gasteiger partial charge in [0.1, 0.15) is 11.1 Å². The number of aliphatic hydroxyl groups excluding tert-OH is 1. The molecule has 2 aliphatic heterocycles. The third-order valence-corrected chi connectivity index (χ3v) is 5.79. The van der Waals surface area contributed by atoms with E-state index in [2.05, 4.69) is 20.5 Å². The van der Waals surface area contributed by atoms with Crippen molar-refractivity contribution in [1.29, 1.82) is 0 Å². The standard InChI is InChI=1S/C19H22ClN5O2/c20-12-3-4-15-13(8-12)16-17(27-15)18(24-19(23-16)22-6-7-26)25-9-11-2-1-5-21-14(11)10-25/h3-4,8,11,14,21,26H,1-2,5-7,9-10H2,(H,22,23,24). The van der Waals surface area contributed by atoms with Gasteiger partial charge in [0.2, 0.25) is 5.95 Å². The second-order valence-corrected chi connectivity index (χ2v) is 7.75. The van der Waals surface area contributed by atoms with Crippen molar-refractivity contribution < 1.29 is 9.52 Å². The number of nitrogens with zero attached hydrogens (tertiary/aromatic N) is 3. The Bertz CT molecular complexity index is 977. The van der Waals surface area contributed by atoms with Gasteiger partial charge in [0.25, 0.3) is 0 Å². The largest absolute Gasteiger partial charge is 0.450 e. The van der Waals surface area contributed by atoms with Gasteiger partial charge >= 0.3 is 0 Å². The number of nitrogens with one attached hydrogen (secondary N) is 2.